The van der Waals surface area contributed by atoms with Gasteiger partial charge in [0.05, 0.1) is 12.7 Å². The first-order chi connectivity index (χ1) is 9.99. The number of hydrogen-bond acceptors (Lipinski definition) is 3. The molecule has 1 fully saturated rings. The van der Waals surface area contributed by atoms with E-state index in [1.165, 1.54) is 16.7 Å². The number of morpholine rings is 1. The molecule has 3 nitrogen and oxygen atoms in total. The fraction of sp³-hybridized carbons (Fsp3) is 0.667. The Morgan fingerprint density at radius 3 is 2.52 bits per heavy atom. The van der Waals surface area contributed by atoms with Crippen LogP contribution in [0.4, 0.5) is 0 Å². The van der Waals surface area contributed by atoms with Gasteiger partial charge < -0.3 is 10.1 Å². The highest BCUT2D eigenvalue weighted by atomic mass is 16.5. The predicted octanol–water partition coefficient (Wildman–Crippen LogP) is 3.06. The zero-order valence-corrected chi connectivity index (χ0v) is 14.1. The van der Waals surface area contributed by atoms with Crippen LogP contribution in [0.15, 0.2) is 18.2 Å². The molecule has 0 aromatic heterocycles. The molecular formula is C18H30N2O. The van der Waals surface area contributed by atoms with E-state index in [1.807, 2.05) is 0 Å². The summed E-state index contributed by atoms with van der Waals surface area (Å²) in [5.74, 6) is 0. The Hall–Kier alpha value is -0.900. The molecule has 1 aromatic carbocycles. The molecule has 118 valence electrons. The Kier molecular flexibility index (Phi) is 5.80. The Morgan fingerprint density at radius 2 is 1.90 bits per heavy atom. The van der Waals surface area contributed by atoms with E-state index in [0.717, 1.165) is 26.1 Å². The van der Waals surface area contributed by atoms with Crippen LogP contribution in [-0.4, -0.2) is 43.8 Å². The van der Waals surface area contributed by atoms with Crippen LogP contribution in [-0.2, 0) is 4.74 Å². The Labute approximate surface area is 129 Å². The third kappa shape index (κ3) is 4.53. The normalized spacial score (nSPS) is 25.0. The third-order valence-corrected chi connectivity index (χ3v) is 4.44. The number of rotatable bonds is 5. The molecule has 0 bridgehead atoms. The van der Waals surface area contributed by atoms with Crippen molar-refractivity contribution in [3.63, 3.8) is 0 Å². The van der Waals surface area contributed by atoms with E-state index in [1.54, 1.807) is 0 Å². The van der Waals surface area contributed by atoms with Crippen molar-refractivity contribution in [1.29, 1.82) is 0 Å². The Balaban J connectivity index is 1.98. The first-order valence-electron chi connectivity index (χ1n) is 8.10. The van der Waals surface area contributed by atoms with Crippen molar-refractivity contribution in [2.75, 3.05) is 26.7 Å². The minimum absolute atomic E-state index is 0.357. The summed E-state index contributed by atoms with van der Waals surface area (Å²) in [4.78, 5) is 2.56. The van der Waals surface area contributed by atoms with Crippen LogP contribution >= 0.6 is 0 Å². The molecule has 1 aromatic rings. The van der Waals surface area contributed by atoms with Gasteiger partial charge in [-0.15, -0.1) is 0 Å². The number of nitrogens with zero attached hydrogens (tertiary/aromatic N) is 1. The Bertz CT molecular complexity index is 440. The van der Waals surface area contributed by atoms with Gasteiger partial charge in [0.15, 0.2) is 0 Å². The summed E-state index contributed by atoms with van der Waals surface area (Å²) in [5.41, 5.74) is 4.10. The molecular weight excluding hydrogens is 260 g/mol. The van der Waals surface area contributed by atoms with Gasteiger partial charge in [-0.1, -0.05) is 29.3 Å². The van der Waals surface area contributed by atoms with Gasteiger partial charge in [-0.05, 0) is 46.7 Å². The van der Waals surface area contributed by atoms with Crippen LogP contribution in [0, 0.1) is 13.8 Å². The van der Waals surface area contributed by atoms with Gasteiger partial charge in [-0.25, -0.2) is 0 Å². The highest BCUT2D eigenvalue weighted by molar-refractivity contribution is 5.30. The van der Waals surface area contributed by atoms with Crippen LogP contribution < -0.4 is 5.32 Å². The lowest BCUT2D eigenvalue weighted by atomic mass is 9.98. The molecule has 3 heteroatoms. The third-order valence-electron chi connectivity index (χ3n) is 4.44. The predicted molar refractivity (Wildman–Crippen MR) is 88.8 cm³/mol. The van der Waals surface area contributed by atoms with Crippen LogP contribution in [0.3, 0.4) is 0 Å². The molecule has 1 N–H and O–H groups in total. The lowest BCUT2D eigenvalue weighted by Crippen LogP contribution is -2.48. The smallest absolute Gasteiger partial charge is 0.0674 e. The molecule has 1 saturated heterocycles. The van der Waals surface area contributed by atoms with Crippen molar-refractivity contribution < 1.29 is 4.74 Å². The Morgan fingerprint density at radius 1 is 1.24 bits per heavy atom. The molecule has 0 amide bonds. The summed E-state index contributed by atoms with van der Waals surface area (Å²) in [6, 6.07) is 7.80. The van der Waals surface area contributed by atoms with E-state index < -0.39 is 0 Å². The van der Waals surface area contributed by atoms with Crippen molar-refractivity contribution in [2.45, 2.75) is 52.3 Å². The van der Waals surface area contributed by atoms with Gasteiger partial charge >= 0.3 is 0 Å². The average Bonchev–Trinajstić information content (AvgIpc) is 2.42. The monoisotopic (exact) mass is 290 g/mol. The van der Waals surface area contributed by atoms with E-state index in [-0.39, 0.29) is 0 Å². The van der Waals surface area contributed by atoms with Crippen LogP contribution in [0.5, 0.6) is 0 Å². The van der Waals surface area contributed by atoms with Crippen LogP contribution in [0.25, 0.3) is 0 Å². The molecule has 0 saturated carbocycles. The summed E-state index contributed by atoms with van der Waals surface area (Å²) in [6.07, 6.45) is 1.49. The second kappa shape index (κ2) is 7.39. The van der Waals surface area contributed by atoms with E-state index >= 15 is 0 Å². The van der Waals surface area contributed by atoms with Crippen molar-refractivity contribution in [3.05, 3.63) is 34.9 Å². The highest BCUT2D eigenvalue weighted by Gasteiger charge is 2.24. The molecule has 3 atom stereocenters. The second-order valence-electron chi connectivity index (χ2n) is 6.54. The van der Waals surface area contributed by atoms with Gasteiger partial charge in [-0.2, -0.15) is 0 Å². The zero-order valence-electron chi connectivity index (χ0n) is 14.1. The van der Waals surface area contributed by atoms with Crippen molar-refractivity contribution >= 4 is 0 Å². The summed E-state index contributed by atoms with van der Waals surface area (Å²) >= 11 is 0. The number of ether oxygens (including phenoxy) is 1. The quantitative estimate of drug-likeness (QED) is 0.902. The number of benzene rings is 1. The lowest BCUT2D eigenvalue weighted by Gasteiger charge is -2.37. The summed E-state index contributed by atoms with van der Waals surface area (Å²) < 4.78 is 5.71. The minimum atomic E-state index is 0.357. The lowest BCUT2D eigenvalue weighted by molar-refractivity contribution is -0.0502. The van der Waals surface area contributed by atoms with Crippen LogP contribution in [0.1, 0.15) is 43.0 Å². The molecule has 21 heavy (non-hydrogen) atoms. The van der Waals surface area contributed by atoms with E-state index in [2.05, 4.69) is 63.2 Å². The second-order valence-corrected chi connectivity index (χ2v) is 6.54. The van der Waals surface area contributed by atoms with Gasteiger partial charge in [-0.3, -0.25) is 4.90 Å². The summed E-state index contributed by atoms with van der Waals surface area (Å²) in [6.45, 7) is 11.8. The average molecular weight is 290 g/mol. The molecule has 0 aliphatic carbocycles. The van der Waals surface area contributed by atoms with E-state index in [9.17, 15) is 0 Å². The number of hydrogen-bond donors (Lipinski definition) is 1. The van der Waals surface area contributed by atoms with Crippen molar-refractivity contribution in [2.24, 2.45) is 0 Å². The first-order valence-corrected chi connectivity index (χ1v) is 8.10. The van der Waals surface area contributed by atoms with E-state index in [0.29, 0.717) is 18.2 Å². The van der Waals surface area contributed by atoms with Gasteiger partial charge in [0.1, 0.15) is 0 Å². The standard InChI is InChI=1S/C18H30N2O/c1-13-8-14(2)10-17(9-13)18(19-5)6-7-20-11-16(4)21-12-15(20)3/h8-10,15-16,18-19H,6-7,11-12H2,1-5H3. The molecule has 2 rings (SSSR count). The van der Waals surface area contributed by atoms with Crippen molar-refractivity contribution in [3.8, 4) is 0 Å². The number of aryl methyl sites for hydroxylation is 2. The van der Waals surface area contributed by atoms with E-state index in [4.69, 9.17) is 4.74 Å². The van der Waals surface area contributed by atoms with Crippen LogP contribution in [0.2, 0.25) is 0 Å². The largest absolute Gasteiger partial charge is 0.376 e. The molecule has 0 radical (unpaired) electrons. The summed E-state index contributed by atoms with van der Waals surface area (Å²) in [5, 5.41) is 3.48. The molecule has 0 spiro atoms. The van der Waals surface area contributed by atoms with Gasteiger partial charge in [0.25, 0.3) is 0 Å². The summed E-state index contributed by atoms with van der Waals surface area (Å²) in [7, 11) is 2.06. The SMILES string of the molecule is CNC(CCN1CC(C)OCC1C)c1cc(C)cc(C)c1. The maximum atomic E-state index is 5.71. The number of nitrogens with one attached hydrogen (secondary N) is 1. The molecule has 1 aliphatic heterocycles. The molecule has 1 aliphatic rings. The molecule has 1 heterocycles. The topological polar surface area (TPSA) is 24.5 Å². The maximum absolute atomic E-state index is 5.71. The fourth-order valence-electron chi connectivity index (χ4n) is 3.27. The van der Waals surface area contributed by atoms with Crippen molar-refractivity contribution in [1.82, 2.24) is 10.2 Å². The maximum Gasteiger partial charge on any atom is 0.0674 e. The zero-order chi connectivity index (χ0) is 15.4. The highest BCUT2D eigenvalue weighted by Crippen LogP contribution is 2.21. The minimum Gasteiger partial charge on any atom is -0.376 e. The molecule has 3 unspecified atom stereocenters. The van der Waals surface area contributed by atoms with Gasteiger partial charge in [0, 0.05) is 25.2 Å². The fourth-order valence-corrected chi connectivity index (χ4v) is 3.27. The first kappa shape index (κ1) is 16.5. The van der Waals surface area contributed by atoms with Gasteiger partial charge in [0.2, 0.25) is 0 Å².